The molecule has 0 fully saturated rings. The van der Waals surface area contributed by atoms with E-state index in [1.54, 1.807) is 24.3 Å². The van der Waals surface area contributed by atoms with Gasteiger partial charge in [-0.2, -0.15) is 0 Å². The van der Waals surface area contributed by atoms with Crippen molar-refractivity contribution < 1.29 is 14.3 Å². The normalized spacial score (nSPS) is 11.0. The molecule has 0 spiro atoms. The minimum atomic E-state index is -0.0320. The molecule has 4 aromatic carbocycles. The summed E-state index contributed by atoms with van der Waals surface area (Å²) in [5.74, 6) is 2.69. The van der Waals surface area contributed by atoms with Crippen molar-refractivity contribution in [1.82, 2.24) is 0 Å². The molecule has 0 bridgehead atoms. The Hall–Kier alpha value is -3.85. The van der Waals surface area contributed by atoms with E-state index in [0.717, 1.165) is 17.1 Å². The van der Waals surface area contributed by atoms with Crippen molar-refractivity contribution in [2.75, 3.05) is 0 Å². The first-order valence-electron chi connectivity index (χ1n) is 11.7. The number of rotatable bonds is 8. The van der Waals surface area contributed by atoms with Crippen molar-refractivity contribution in [2.45, 2.75) is 39.7 Å². The summed E-state index contributed by atoms with van der Waals surface area (Å²) in [6, 6.07) is 31.2. The van der Waals surface area contributed by atoms with Crippen LogP contribution in [0.4, 0.5) is 0 Å². The number of carbonyl (C=O) groups excluding carboxylic acids is 1. The Bertz CT molecular complexity index is 1220. The van der Waals surface area contributed by atoms with Crippen LogP contribution in [0.3, 0.4) is 0 Å². The average Bonchev–Trinajstić information content (AvgIpc) is 2.85. The first-order valence-corrected chi connectivity index (χ1v) is 11.7. The number of benzene rings is 4. The van der Waals surface area contributed by atoms with Crippen molar-refractivity contribution in [3.8, 4) is 28.4 Å². The number of ether oxygens (including phenoxy) is 2. The van der Waals surface area contributed by atoms with E-state index in [2.05, 4.69) is 50.2 Å². The van der Waals surface area contributed by atoms with Crippen molar-refractivity contribution in [1.29, 1.82) is 0 Å². The predicted molar refractivity (Wildman–Crippen MR) is 138 cm³/mol. The molecule has 0 unspecified atom stereocenters. The second kappa shape index (κ2) is 10.4. The van der Waals surface area contributed by atoms with E-state index in [-0.39, 0.29) is 11.9 Å². The van der Waals surface area contributed by atoms with Crippen molar-refractivity contribution in [3.63, 3.8) is 0 Å². The topological polar surface area (TPSA) is 35.5 Å². The van der Waals surface area contributed by atoms with Gasteiger partial charge in [-0.15, -0.1) is 0 Å². The molecular weight excluding hydrogens is 420 g/mol. The first-order chi connectivity index (χ1) is 16.4. The maximum atomic E-state index is 12.8. The lowest BCUT2D eigenvalue weighted by Gasteiger charge is -2.10. The smallest absolute Gasteiger partial charge is 0.193 e. The van der Waals surface area contributed by atoms with Gasteiger partial charge in [0.25, 0.3) is 0 Å². The van der Waals surface area contributed by atoms with Crippen molar-refractivity contribution in [3.05, 3.63) is 114 Å². The lowest BCUT2D eigenvalue weighted by atomic mass is 9.99. The molecule has 0 heterocycles. The van der Waals surface area contributed by atoms with Gasteiger partial charge in [-0.25, -0.2) is 0 Å². The molecule has 0 aromatic heterocycles. The summed E-state index contributed by atoms with van der Waals surface area (Å²) >= 11 is 0. The van der Waals surface area contributed by atoms with Gasteiger partial charge in [-0.3, -0.25) is 4.79 Å². The molecule has 0 atom stereocenters. The van der Waals surface area contributed by atoms with E-state index in [4.69, 9.17) is 9.47 Å². The summed E-state index contributed by atoms with van der Waals surface area (Å²) in [6.07, 6.45) is 0.0987. The van der Waals surface area contributed by atoms with Gasteiger partial charge in [-0.1, -0.05) is 50.2 Å². The van der Waals surface area contributed by atoms with Crippen LogP contribution in [0.15, 0.2) is 97.1 Å². The number of carbonyl (C=O) groups is 1. The van der Waals surface area contributed by atoms with E-state index in [1.807, 2.05) is 50.2 Å². The molecular formula is C31H30O3. The summed E-state index contributed by atoms with van der Waals surface area (Å²) in [5, 5.41) is 0. The van der Waals surface area contributed by atoms with Crippen LogP contribution in [0.1, 0.15) is 55.1 Å². The maximum Gasteiger partial charge on any atom is 0.193 e. The van der Waals surface area contributed by atoms with E-state index >= 15 is 0 Å². The molecule has 0 aliphatic rings. The molecule has 0 radical (unpaired) electrons. The predicted octanol–water partition coefficient (Wildman–Crippen LogP) is 8.29. The van der Waals surface area contributed by atoms with Crippen molar-refractivity contribution in [2.24, 2.45) is 0 Å². The summed E-state index contributed by atoms with van der Waals surface area (Å²) < 4.78 is 11.6. The lowest BCUT2D eigenvalue weighted by Crippen LogP contribution is -2.06. The Morgan fingerprint density at radius 2 is 0.971 bits per heavy atom. The van der Waals surface area contributed by atoms with Gasteiger partial charge in [0.05, 0.1) is 6.10 Å². The second-order valence-electron chi connectivity index (χ2n) is 8.95. The van der Waals surface area contributed by atoms with Gasteiger partial charge in [-0.05, 0) is 97.1 Å². The molecule has 0 saturated carbocycles. The van der Waals surface area contributed by atoms with E-state index < -0.39 is 0 Å². The van der Waals surface area contributed by atoms with E-state index in [0.29, 0.717) is 22.8 Å². The SMILES string of the molecule is CC(C)Oc1ccc(C(=O)c2ccc(Oc3ccc(-c4ccc(C(C)C)cc4)cc3)cc2)cc1. The van der Waals surface area contributed by atoms with Crippen LogP contribution in [-0.2, 0) is 0 Å². The zero-order chi connectivity index (χ0) is 24.1. The highest BCUT2D eigenvalue weighted by Gasteiger charge is 2.10. The molecule has 0 aliphatic carbocycles. The minimum Gasteiger partial charge on any atom is -0.491 e. The Morgan fingerprint density at radius 1 is 0.559 bits per heavy atom. The van der Waals surface area contributed by atoms with Crippen LogP contribution in [0.2, 0.25) is 0 Å². The van der Waals surface area contributed by atoms with E-state index in [9.17, 15) is 4.79 Å². The fraction of sp³-hybridized carbons (Fsp3) is 0.194. The Labute approximate surface area is 202 Å². The zero-order valence-electron chi connectivity index (χ0n) is 20.1. The van der Waals surface area contributed by atoms with Gasteiger partial charge in [0.15, 0.2) is 5.78 Å². The highest BCUT2D eigenvalue weighted by atomic mass is 16.5. The molecule has 172 valence electrons. The molecule has 4 rings (SSSR count). The molecule has 3 heteroatoms. The van der Waals surface area contributed by atoms with Crippen molar-refractivity contribution >= 4 is 5.78 Å². The van der Waals surface area contributed by atoms with Crippen LogP contribution in [0.5, 0.6) is 17.2 Å². The van der Waals surface area contributed by atoms with E-state index in [1.165, 1.54) is 11.1 Å². The standard InChI is InChI=1S/C31H30O3/c1-21(2)23-5-7-24(8-6-23)25-9-15-29(16-10-25)34-30-19-13-27(14-20-30)31(32)26-11-17-28(18-12-26)33-22(3)4/h5-22H,1-4H3. The molecule has 4 aromatic rings. The quantitative estimate of drug-likeness (QED) is 0.253. The molecule has 0 saturated heterocycles. The van der Waals surface area contributed by atoms with Crippen LogP contribution < -0.4 is 9.47 Å². The second-order valence-corrected chi connectivity index (χ2v) is 8.95. The van der Waals surface area contributed by atoms with Gasteiger partial charge >= 0.3 is 0 Å². The molecule has 34 heavy (non-hydrogen) atoms. The molecule has 0 aliphatic heterocycles. The summed E-state index contributed by atoms with van der Waals surface area (Å²) in [7, 11) is 0. The van der Waals surface area contributed by atoms with Gasteiger partial charge in [0, 0.05) is 11.1 Å². The Kier molecular flexibility index (Phi) is 7.12. The molecule has 0 amide bonds. The summed E-state index contributed by atoms with van der Waals surface area (Å²) in [5.41, 5.74) is 4.91. The Balaban J connectivity index is 1.40. The van der Waals surface area contributed by atoms with Gasteiger partial charge < -0.3 is 9.47 Å². The Morgan fingerprint density at radius 3 is 1.41 bits per heavy atom. The molecule has 3 nitrogen and oxygen atoms in total. The fourth-order valence-electron chi connectivity index (χ4n) is 3.71. The average molecular weight is 451 g/mol. The number of hydrogen-bond acceptors (Lipinski definition) is 3. The minimum absolute atomic E-state index is 0.0320. The third-order valence-electron chi connectivity index (χ3n) is 5.61. The fourth-order valence-corrected chi connectivity index (χ4v) is 3.71. The monoisotopic (exact) mass is 450 g/mol. The van der Waals surface area contributed by atoms with Gasteiger partial charge in [0.1, 0.15) is 17.2 Å². The summed E-state index contributed by atoms with van der Waals surface area (Å²) in [4.78, 5) is 12.8. The summed E-state index contributed by atoms with van der Waals surface area (Å²) in [6.45, 7) is 8.35. The highest BCUT2D eigenvalue weighted by molar-refractivity contribution is 6.09. The third kappa shape index (κ3) is 5.74. The van der Waals surface area contributed by atoms with Crippen LogP contribution in [0.25, 0.3) is 11.1 Å². The third-order valence-corrected chi connectivity index (χ3v) is 5.61. The molecule has 0 N–H and O–H groups in total. The number of hydrogen-bond donors (Lipinski definition) is 0. The van der Waals surface area contributed by atoms with Crippen LogP contribution in [-0.4, -0.2) is 11.9 Å². The van der Waals surface area contributed by atoms with Crippen LogP contribution >= 0.6 is 0 Å². The first kappa shape index (κ1) is 23.3. The van der Waals surface area contributed by atoms with Gasteiger partial charge in [0.2, 0.25) is 0 Å². The highest BCUT2D eigenvalue weighted by Crippen LogP contribution is 2.27. The number of ketones is 1. The largest absolute Gasteiger partial charge is 0.491 e. The maximum absolute atomic E-state index is 12.8. The lowest BCUT2D eigenvalue weighted by molar-refractivity contribution is 0.103. The zero-order valence-corrected chi connectivity index (χ0v) is 20.1. The van der Waals surface area contributed by atoms with Crippen LogP contribution in [0, 0.1) is 0 Å².